The largest absolute Gasteiger partial charge is 0.370 e. The van der Waals surface area contributed by atoms with Gasteiger partial charge in [0.05, 0.1) is 0 Å². The SMILES string of the molecule is CCCNc1cc(Nc2cccc(C)c2)nc(CC)n1. The molecule has 20 heavy (non-hydrogen) atoms. The molecular formula is C16H22N4. The van der Waals surface area contributed by atoms with E-state index >= 15 is 0 Å². The van der Waals surface area contributed by atoms with Gasteiger partial charge in [-0.2, -0.15) is 0 Å². The van der Waals surface area contributed by atoms with Crippen molar-refractivity contribution in [2.75, 3.05) is 17.2 Å². The molecule has 0 atom stereocenters. The fourth-order valence-corrected chi connectivity index (χ4v) is 1.93. The number of aryl methyl sites for hydroxylation is 2. The molecule has 0 saturated heterocycles. The number of aromatic nitrogens is 2. The van der Waals surface area contributed by atoms with Crippen LogP contribution in [0.3, 0.4) is 0 Å². The highest BCUT2D eigenvalue weighted by Gasteiger charge is 2.04. The second-order valence-corrected chi connectivity index (χ2v) is 4.83. The standard InChI is InChI=1S/C16H22N4/c1-4-9-17-15-11-16(20-14(5-2)19-15)18-13-8-6-7-12(3)10-13/h6-8,10-11H,4-5,9H2,1-3H3,(H2,17,18,19,20). The number of nitrogens with one attached hydrogen (secondary N) is 2. The summed E-state index contributed by atoms with van der Waals surface area (Å²) in [5.74, 6) is 2.57. The van der Waals surface area contributed by atoms with Gasteiger partial charge in [0, 0.05) is 24.7 Å². The molecule has 0 aliphatic heterocycles. The van der Waals surface area contributed by atoms with Crippen molar-refractivity contribution < 1.29 is 0 Å². The smallest absolute Gasteiger partial charge is 0.136 e. The van der Waals surface area contributed by atoms with Crippen molar-refractivity contribution in [3.05, 3.63) is 41.7 Å². The van der Waals surface area contributed by atoms with E-state index in [0.29, 0.717) is 0 Å². The van der Waals surface area contributed by atoms with E-state index < -0.39 is 0 Å². The zero-order valence-corrected chi connectivity index (χ0v) is 12.4. The minimum absolute atomic E-state index is 0.824. The van der Waals surface area contributed by atoms with Crippen molar-refractivity contribution >= 4 is 17.3 Å². The van der Waals surface area contributed by atoms with Crippen LogP contribution in [0.25, 0.3) is 0 Å². The maximum Gasteiger partial charge on any atom is 0.136 e. The third-order valence-corrected chi connectivity index (χ3v) is 2.94. The van der Waals surface area contributed by atoms with E-state index in [2.05, 4.69) is 53.5 Å². The molecular weight excluding hydrogens is 248 g/mol. The predicted octanol–water partition coefficient (Wildman–Crippen LogP) is 3.91. The van der Waals surface area contributed by atoms with Gasteiger partial charge in [0.1, 0.15) is 17.5 Å². The van der Waals surface area contributed by atoms with Gasteiger partial charge < -0.3 is 10.6 Å². The van der Waals surface area contributed by atoms with Gasteiger partial charge in [-0.3, -0.25) is 0 Å². The van der Waals surface area contributed by atoms with E-state index in [1.165, 1.54) is 5.56 Å². The minimum atomic E-state index is 0.824. The molecule has 0 bridgehead atoms. The molecule has 2 N–H and O–H groups in total. The zero-order valence-electron chi connectivity index (χ0n) is 12.4. The van der Waals surface area contributed by atoms with Gasteiger partial charge in [-0.25, -0.2) is 9.97 Å². The predicted molar refractivity (Wildman–Crippen MR) is 84.7 cm³/mol. The van der Waals surface area contributed by atoms with Crippen LogP contribution in [0.15, 0.2) is 30.3 Å². The minimum Gasteiger partial charge on any atom is -0.370 e. The number of hydrogen-bond acceptors (Lipinski definition) is 4. The van der Waals surface area contributed by atoms with Crippen LogP contribution in [0.2, 0.25) is 0 Å². The Bertz CT molecular complexity index is 566. The maximum absolute atomic E-state index is 4.52. The van der Waals surface area contributed by atoms with Gasteiger partial charge in [0.2, 0.25) is 0 Å². The highest BCUT2D eigenvalue weighted by atomic mass is 15.1. The van der Waals surface area contributed by atoms with Gasteiger partial charge in [0.15, 0.2) is 0 Å². The van der Waals surface area contributed by atoms with Crippen LogP contribution in [0.4, 0.5) is 17.3 Å². The Labute approximate surface area is 120 Å². The van der Waals surface area contributed by atoms with Crippen LogP contribution in [0.5, 0.6) is 0 Å². The summed E-state index contributed by atoms with van der Waals surface area (Å²) in [6.07, 6.45) is 1.90. The number of benzene rings is 1. The van der Waals surface area contributed by atoms with Crippen molar-refractivity contribution in [1.82, 2.24) is 9.97 Å². The van der Waals surface area contributed by atoms with Crippen LogP contribution < -0.4 is 10.6 Å². The summed E-state index contributed by atoms with van der Waals surface area (Å²) in [5.41, 5.74) is 2.27. The van der Waals surface area contributed by atoms with Crippen molar-refractivity contribution in [3.8, 4) is 0 Å². The van der Waals surface area contributed by atoms with Gasteiger partial charge in [-0.1, -0.05) is 26.0 Å². The van der Waals surface area contributed by atoms with Gasteiger partial charge in [0.25, 0.3) is 0 Å². The first kappa shape index (κ1) is 14.3. The molecule has 0 aliphatic rings. The monoisotopic (exact) mass is 270 g/mol. The Morgan fingerprint density at radius 2 is 1.85 bits per heavy atom. The number of nitrogens with zero attached hydrogens (tertiary/aromatic N) is 2. The molecule has 4 nitrogen and oxygen atoms in total. The quantitative estimate of drug-likeness (QED) is 0.835. The number of hydrogen-bond donors (Lipinski definition) is 2. The summed E-state index contributed by atoms with van der Waals surface area (Å²) < 4.78 is 0. The maximum atomic E-state index is 4.52. The second-order valence-electron chi connectivity index (χ2n) is 4.83. The lowest BCUT2D eigenvalue weighted by Gasteiger charge is -2.11. The van der Waals surface area contributed by atoms with Crippen molar-refractivity contribution in [1.29, 1.82) is 0 Å². The highest BCUT2D eigenvalue weighted by molar-refractivity contribution is 5.59. The first-order valence-corrected chi connectivity index (χ1v) is 7.16. The first-order valence-electron chi connectivity index (χ1n) is 7.16. The Hall–Kier alpha value is -2.10. The molecule has 0 unspecified atom stereocenters. The van der Waals surface area contributed by atoms with Crippen molar-refractivity contribution in [3.63, 3.8) is 0 Å². The molecule has 1 heterocycles. The van der Waals surface area contributed by atoms with Crippen LogP contribution in [0.1, 0.15) is 31.7 Å². The molecule has 0 saturated carbocycles. The normalized spacial score (nSPS) is 10.3. The first-order chi connectivity index (χ1) is 9.71. The molecule has 0 radical (unpaired) electrons. The lowest BCUT2D eigenvalue weighted by molar-refractivity contribution is 0.919. The Morgan fingerprint density at radius 3 is 2.55 bits per heavy atom. The van der Waals surface area contributed by atoms with Crippen LogP contribution in [-0.4, -0.2) is 16.5 Å². The summed E-state index contributed by atoms with van der Waals surface area (Å²) in [5, 5.41) is 6.66. The van der Waals surface area contributed by atoms with E-state index in [1.54, 1.807) is 0 Å². The summed E-state index contributed by atoms with van der Waals surface area (Å²) in [6, 6.07) is 10.2. The van der Waals surface area contributed by atoms with Gasteiger partial charge in [-0.15, -0.1) is 0 Å². The number of rotatable bonds is 6. The topological polar surface area (TPSA) is 49.8 Å². The van der Waals surface area contributed by atoms with E-state index in [0.717, 1.165) is 42.5 Å². The molecule has 0 aliphatic carbocycles. The average Bonchev–Trinajstić information content (AvgIpc) is 2.45. The van der Waals surface area contributed by atoms with E-state index in [-0.39, 0.29) is 0 Å². The van der Waals surface area contributed by atoms with Crippen LogP contribution in [-0.2, 0) is 6.42 Å². The molecule has 2 aromatic rings. The highest BCUT2D eigenvalue weighted by Crippen LogP contribution is 2.18. The van der Waals surface area contributed by atoms with Gasteiger partial charge >= 0.3 is 0 Å². The summed E-state index contributed by atoms with van der Waals surface area (Å²) >= 11 is 0. The van der Waals surface area contributed by atoms with E-state index in [9.17, 15) is 0 Å². The third kappa shape index (κ3) is 3.95. The van der Waals surface area contributed by atoms with Crippen LogP contribution >= 0.6 is 0 Å². The molecule has 1 aromatic heterocycles. The third-order valence-electron chi connectivity index (χ3n) is 2.94. The average molecular weight is 270 g/mol. The lowest BCUT2D eigenvalue weighted by atomic mass is 10.2. The van der Waals surface area contributed by atoms with Crippen molar-refractivity contribution in [2.45, 2.75) is 33.6 Å². The lowest BCUT2D eigenvalue weighted by Crippen LogP contribution is -2.06. The fraction of sp³-hybridized carbons (Fsp3) is 0.375. The molecule has 1 aromatic carbocycles. The van der Waals surface area contributed by atoms with Gasteiger partial charge in [-0.05, 0) is 31.0 Å². The molecule has 106 valence electrons. The number of anilines is 3. The molecule has 0 amide bonds. The molecule has 0 fully saturated rings. The Kier molecular flexibility index (Phi) is 4.93. The van der Waals surface area contributed by atoms with E-state index in [1.807, 2.05) is 18.2 Å². The van der Waals surface area contributed by atoms with E-state index in [4.69, 9.17) is 0 Å². The molecule has 0 spiro atoms. The van der Waals surface area contributed by atoms with Crippen molar-refractivity contribution in [2.24, 2.45) is 0 Å². The zero-order chi connectivity index (χ0) is 14.4. The Balaban J connectivity index is 2.21. The van der Waals surface area contributed by atoms with Crippen LogP contribution in [0, 0.1) is 6.92 Å². The summed E-state index contributed by atoms with van der Waals surface area (Å²) in [7, 11) is 0. The summed E-state index contributed by atoms with van der Waals surface area (Å²) in [6.45, 7) is 7.21. The summed E-state index contributed by atoms with van der Waals surface area (Å²) in [4.78, 5) is 9.01. The fourth-order valence-electron chi connectivity index (χ4n) is 1.93. The second kappa shape index (κ2) is 6.89. The molecule has 2 rings (SSSR count). The molecule has 4 heteroatoms. The Morgan fingerprint density at radius 1 is 1.05 bits per heavy atom.